The Morgan fingerprint density at radius 2 is 1.71 bits per heavy atom. The molecule has 7 saturated carbocycles. The maximum Gasteiger partial charge on any atom is 0.331 e. The molecule has 10 heteroatoms. The van der Waals surface area contributed by atoms with E-state index in [0.29, 0.717) is 50.7 Å². The van der Waals surface area contributed by atoms with Crippen molar-refractivity contribution in [2.75, 3.05) is 26.8 Å². The van der Waals surface area contributed by atoms with E-state index in [0.717, 1.165) is 75.3 Å². The fourth-order valence-electron chi connectivity index (χ4n) is 16.3. The maximum atomic E-state index is 14.4. The lowest BCUT2D eigenvalue weighted by Gasteiger charge is -2.74. The minimum atomic E-state index is -2.13. The molecule has 15 atom stereocenters. The molecular weight excluding hydrogens is 698 g/mol. The molecule has 1 heterocycles. The zero-order chi connectivity index (χ0) is 38.8. The summed E-state index contributed by atoms with van der Waals surface area (Å²) >= 11 is 0. The molecule has 9 rings (SSSR count). The quantitative estimate of drug-likeness (QED) is 0.0859. The Kier molecular flexibility index (Phi) is 9.49. The first-order valence-corrected chi connectivity index (χ1v) is 22.1. The van der Waals surface area contributed by atoms with Crippen molar-refractivity contribution in [2.24, 2.45) is 63.6 Å². The first-order valence-electron chi connectivity index (χ1n) is 22.1. The molecule has 0 radical (unpaired) electrons. The molecule has 1 spiro atoms. The molecule has 55 heavy (non-hydrogen) atoms. The van der Waals surface area contributed by atoms with E-state index >= 15 is 0 Å². The van der Waals surface area contributed by atoms with E-state index in [1.54, 1.807) is 13.2 Å². The molecule has 6 N–H and O–H groups in total. The van der Waals surface area contributed by atoms with Crippen molar-refractivity contribution >= 4 is 12.3 Å². The topological polar surface area (TPSA) is 166 Å². The average Bonchev–Trinajstić information content (AvgIpc) is 3.96. The predicted molar refractivity (Wildman–Crippen MR) is 204 cm³/mol. The highest BCUT2D eigenvalue weighted by Crippen LogP contribution is 2.78. The third kappa shape index (κ3) is 4.97. The Hall–Kier alpha value is -1.66. The zero-order valence-electron chi connectivity index (χ0n) is 33.4. The normalized spacial score (nSPS) is 50.2. The van der Waals surface area contributed by atoms with Crippen LogP contribution in [0, 0.1) is 63.6 Å². The molecule has 306 valence electrons. The molecule has 0 amide bonds. The van der Waals surface area contributed by atoms with Crippen LogP contribution in [0.4, 0.5) is 0 Å². The van der Waals surface area contributed by atoms with Gasteiger partial charge in [-0.3, -0.25) is 0 Å². The lowest BCUT2D eigenvalue weighted by Crippen LogP contribution is -2.86. The predicted octanol–water partition coefficient (Wildman–Crippen LogP) is 4.39. The van der Waals surface area contributed by atoms with Crippen LogP contribution in [0.5, 0.6) is 0 Å². The second-order valence-corrected chi connectivity index (χ2v) is 20.6. The number of nitrogens with one attached hydrogen (secondary N) is 1. The lowest BCUT2D eigenvalue weighted by atomic mass is 9.33. The minimum Gasteiger partial charge on any atom is -0.450 e. The molecule has 8 aliphatic carbocycles. The lowest BCUT2D eigenvalue weighted by molar-refractivity contribution is -0.382. The van der Waals surface area contributed by atoms with Crippen molar-refractivity contribution in [1.29, 1.82) is 0 Å². The number of ether oxygens (including phenoxy) is 2. The number of allylic oxidation sites excluding steroid dienone is 1. The maximum absolute atomic E-state index is 14.4. The highest BCUT2D eigenvalue weighted by Gasteiger charge is 2.85. The second kappa shape index (κ2) is 13.4. The standard InChI is InChI=1S/C45H67NO9/c1-26(27-9-4-5-10-27)28-11-12-32-38(49)41(14-6-7-15-41)24-42(25-47)34-13-16-40(2)36-29(22-43(40,51)45(34,53)39(50)33(20-28)44(32,42)52)19-30(23-46-17-8-18-54-3)37-31(36)21-35(48)55-37/h19,21,25-29,32-34,36-39,46,49-53H,4-18,20,22-24H2,1-3H3. The van der Waals surface area contributed by atoms with Gasteiger partial charge in [-0.05, 0) is 117 Å². The summed E-state index contributed by atoms with van der Waals surface area (Å²) in [7, 11) is 1.68. The van der Waals surface area contributed by atoms with E-state index < -0.39 is 75.1 Å². The summed E-state index contributed by atoms with van der Waals surface area (Å²) in [6, 6.07) is 0. The number of fused-ring (bicyclic) bond motifs is 8. The number of esters is 1. The van der Waals surface area contributed by atoms with Crippen LogP contribution in [-0.4, -0.2) is 99.7 Å². The van der Waals surface area contributed by atoms with E-state index in [1.165, 1.54) is 12.8 Å². The van der Waals surface area contributed by atoms with Crippen LogP contribution in [0.15, 0.2) is 23.3 Å². The monoisotopic (exact) mass is 765 g/mol. The molecule has 10 nitrogen and oxygen atoms in total. The van der Waals surface area contributed by atoms with Crippen LogP contribution in [0.25, 0.3) is 0 Å². The molecule has 0 aromatic carbocycles. The largest absolute Gasteiger partial charge is 0.450 e. The SMILES string of the molecule is COCCCNCC1=CC2CC3(O)C(C)(CCC4C5(C=O)CC6(CCCC6)C(O)C6CCC(C(C)C7CCCC7)CC(C(O)C43O)C65O)C2C2=CC(=O)OC12. The van der Waals surface area contributed by atoms with Crippen LogP contribution in [-0.2, 0) is 19.1 Å². The first kappa shape index (κ1) is 38.8. The van der Waals surface area contributed by atoms with E-state index in [2.05, 4.69) is 18.3 Å². The van der Waals surface area contributed by atoms with E-state index in [-0.39, 0.29) is 30.6 Å². The van der Waals surface area contributed by atoms with E-state index in [1.807, 2.05) is 6.92 Å². The van der Waals surface area contributed by atoms with Gasteiger partial charge in [0.1, 0.15) is 23.6 Å². The minimum absolute atomic E-state index is 0.138. The van der Waals surface area contributed by atoms with Gasteiger partial charge in [0, 0.05) is 49.5 Å². The Bertz CT molecular complexity index is 1600. The molecule has 1 aliphatic heterocycles. The third-order valence-electron chi connectivity index (χ3n) is 18.8. The highest BCUT2D eigenvalue weighted by molar-refractivity contribution is 5.87. The van der Waals surface area contributed by atoms with Crippen molar-refractivity contribution in [3.05, 3.63) is 23.3 Å². The molecule has 0 aromatic rings. The summed E-state index contributed by atoms with van der Waals surface area (Å²) in [4.78, 5) is 27.4. The molecular formula is C45H67NO9. The zero-order valence-corrected chi connectivity index (χ0v) is 33.4. The number of aldehydes is 1. The second-order valence-electron chi connectivity index (χ2n) is 20.6. The summed E-state index contributed by atoms with van der Waals surface area (Å²) in [5, 5.41) is 70.4. The van der Waals surface area contributed by atoms with Gasteiger partial charge in [-0.25, -0.2) is 4.79 Å². The number of carbonyl (C=O) groups is 2. The van der Waals surface area contributed by atoms with Gasteiger partial charge in [-0.15, -0.1) is 0 Å². The van der Waals surface area contributed by atoms with Crippen LogP contribution in [0.2, 0.25) is 0 Å². The fraction of sp³-hybridized carbons (Fsp3) is 0.867. The van der Waals surface area contributed by atoms with Crippen molar-refractivity contribution in [2.45, 2.75) is 152 Å². The Labute approximate surface area is 326 Å². The highest BCUT2D eigenvalue weighted by atomic mass is 16.5. The molecule has 0 aromatic heterocycles. The number of hydrogen-bond donors (Lipinski definition) is 6. The number of methoxy groups -OCH3 is 1. The third-order valence-corrected chi connectivity index (χ3v) is 18.8. The van der Waals surface area contributed by atoms with Gasteiger partial charge in [-0.1, -0.05) is 58.4 Å². The molecule has 9 aliphatic rings. The summed E-state index contributed by atoms with van der Waals surface area (Å²) in [5.74, 6) is -2.38. The Morgan fingerprint density at radius 3 is 2.42 bits per heavy atom. The van der Waals surface area contributed by atoms with Crippen molar-refractivity contribution in [3.63, 3.8) is 0 Å². The number of carbonyl (C=O) groups excluding carboxylic acids is 2. The van der Waals surface area contributed by atoms with Gasteiger partial charge in [0.2, 0.25) is 0 Å². The number of aliphatic hydroxyl groups is 5. The summed E-state index contributed by atoms with van der Waals surface area (Å²) < 4.78 is 11.2. The van der Waals surface area contributed by atoms with Crippen molar-refractivity contribution in [3.8, 4) is 0 Å². The Balaban J connectivity index is 1.16. The van der Waals surface area contributed by atoms with Crippen LogP contribution in [0.1, 0.15) is 117 Å². The first-order chi connectivity index (χ1) is 26.3. The Morgan fingerprint density at radius 1 is 0.964 bits per heavy atom. The smallest absolute Gasteiger partial charge is 0.331 e. The van der Waals surface area contributed by atoms with Gasteiger partial charge in [-0.2, -0.15) is 0 Å². The van der Waals surface area contributed by atoms with Crippen LogP contribution < -0.4 is 5.32 Å². The number of rotatable bonds is 9. The summed E-state index contributed by atoms with van der Waals surface area (Å²) in [6.45, 7) is 6.19. The van der Waals surface area contributed by atoms with Gasteiger partial charge in [0.15, 0.2) is 0 Å². The van der Waals surface area contributed by atoms with Crippen molar-refractivity contribution < 1.29 is 44.6 Å². The van der Waals surface area contributed by atoms with Gasteiger partial charge < -0.3 is 45.1 Å². The number of hydrogen-bond acceptors (Lipinski definition) is 10. The molecule has 0 bridgehead atoms. The van der Waals surface area contributed by atoms with Crippen molar-refractivity contribution in [1.82, 2.24) is 5.32 Å². The molecule has 15 unspecified atom stereocenters. The van der Waals surface area contributed by atoms with Gasteiger partial charge >= 0.3 is 5.97 Å². The van der Waals surface area contributed by atoms with Crippen LogP contribution in [0.3, 0.4) is 0 Å². The van der Waals surface area contributed by atoms with Gasteiger partial charge in [0.25, 0.3) is 0 Å². The number of aliphatic hydroxyl groups excluding tert-OH is 2. The van der Waals surface area contributed by atoms with E-state index in [9.17, 15) is 35.1 Å². The molecule has 0 saturated heterocycles. The fourth-order valence-corrected chi connectivity index (χ4v) is 16.3. The molecule has 7 fully saturated rings. The summed E-state index contributed by atoms with van der Waals surface area (Å²) in [6.07, 6.45) is 13.7. The summed E-state index contributed by atoms with van der Waals surface area (Å²) in [5.41, 5.74) is -6.96. The van der Waals surface area contributed by atoms with Crippen LogP contribution >= 0.6 is 0 Å². The van der Waals surface area contributed by atoms with Gasteiger partial charge in [0.05, 0.1) is 23.2 Å². The van der Waals surface area contributed by atoms with E-state index in [4.69, 9.17) is 9.47 Å². The average molecular weight is 766 g/mol.